The van der Waals surface area contributed by atoms with Gasteiger partial charge in [-0.25, -0.2) is 0 Å². The Kier molecular flexibility index (Phi) is 21.4. The number of hydrogen-bond acceptors (Lipinski definition) is 1. The summed E-state index contributed by atoms with van der Waals surface area (Å²) in [6.45, 7) is 12.2. The van der Waals surface area contributed by atoms with Crippen LogP contribution in [0.4, 0.5) is 5.69 Å². The summed E-state index contributed by atoms with van der Waals surface area (Å²) < 4.78 is 0. The Morgan fingerprint density at radius 1 is 1.00 bits per heavy atom. The van der Waals surface area contributed by atoms with Crippen molar-refractivity contribution in [3.8, 4) is 0 Å². The van der Waals surface area contributed by atoms with Crippen LogP contribution in [0.15, 0.2) is 35.0 Å². The maximum atomic E-state index is 5.15. The van der Waals surface area contributed by atoms with Gasteiger partial charge < -0.3 is 25.5 Å². The molecule has 0 unspecified atom stereocenters. The van der Waals surface area contributed by atoms with E-state index in [-0.39, 0.29) is 40.7 Å². The van der Waals surface area contributed by atoms with Gasteiger partial charge in [0.1, 0.15) is 0 Å². The van der Waals surface area contributed by atoms with E-state index < -0.39 is 0 Å². The van der Waals surface area contributed by atoms with E-state index in [4.69, 9.17) is 10.3 Å². The maximum Gasteiger partial charge on any atom is 0.0391 e. The number of aliphatic imine (C=N–C) groups is 1. The quantitative estimate of drug-likeness (QED) is 0.177. The van der Waals surface area contributed by atoms with Crippen molar-refractivity contribution in [2.24, 2.45) is 4.99 Å². The molecule has 0 spiro atoms. The summed E-state index contributed by atoms with van der Waals surface area (Å²) in [5.41, 5.74) is 6.20. The van der Waals surface area contributed by atoms with Crippen LogP contribution in [0, 0.1) is 14.9 Å². The van der Waals surface area contributed by atoms with E-state index >= 15 is 0 Å². The van der Waals surface area contributed by atoms with Gasteiger partial charge in [-0.1, -0.05) is 76.4 Å². The average Bonchev–Trinajstić information content (AvgIpc) is 2.63. The summed E-state index contributed by atoms with van der Waals surface area (Å²) in [6.07, 6.45) is 8.03. The first kappa shape index (κ1) is 33.9. The number of benzene rings is 1. The van der Waals surface area contributed by atoms with Crippen molar-refractivity contribution in [2.45, 2.75) is 78.6 Å². The SMILES string of the molecule is CCCCN=C1CCCC=C1[N-]c1c(C(C)C)cccc1C(C)C.C[N-]C.[CH3-].[CH3-].[Hf]. The molecule has 172 valence electrons. The van der Waals surface area contributed by atoms with Crippen molar-refractivity contribution >= 4 is 11.4 Å². The van der Waals surface area contributed by atoms with Crippen molar-refractivity contribution in [3.05, 3.63) is 66.6 Å². The second kappa shape index (κ2) is 19.0. The van der Waals surface area contributed by atoms with Crippen LogP contribution in [-0.4, -0.2) is 26.4 Å². The molecule has 0 bridgehead atoms. The van der Waals surface area contributed by atoms with Crippen molar-refractivity contribution in [2.75, 3.05) is 20.6 Å². The van der Waals surface area contributed by atoms with Crippen LogP contribution >= 0.6 is 0 Å². The number of nitrogens with zero attached hydrogens (tertiary/aromatic N) is 3. The second-order valence-corrected chi connectivity index (χ2v) is 7.82. The molecule has 0 radical (unpaired) electrons. The van der Waals surface area contributed by atoms with E-state index in [0.717, 1.165) is 31.5 Å². The van der Waals surface area contributed by atoms with Crippen molar-refractivity contribution < 1.29 is 25.8 Å². The minimum absolute atomic E-state index is 0. The molecule has 0 atom stereocenters. The molecule has 0 saturated heterocycles. The van der Waals surface area contributed by atoms with Crippen LogP contribution in [0.3, 0.4) is 0 Å². The Morgan fingerprint density at radius 2 is 1.53 bits per heavy atom. The summed E-state index contributed by atoms with van der Waals surface area (Å²) in [6, 6.07) is 6.63. The molecule has 1 aromatic rings. The van der Waals surface area contributed by atoms with Gasteiger partial charge in [0, 0.05) is 38.1 Å². The van der Waals surface area contributed by atoms with Gasteiger partial charge in [0.15, 0.2) is 0 Å². The minimum atomic E-state index is 0. The fourth-order valence-corrected chi connectivity index (χ4v) is 3.16. The fourth-order valence-electron chi connectivity index (χ4n) is 3.16. The van der Waals surface area contributed by atoms with Crippen LogP contribution in [0.1, 0.15) is 89.7 Å². The molecule has 0 N–H and O–H groups in total. The Hall–Kier alpha value is -0.740. The molecule has 1 aliphatic rings. The molecular weight excluding hydrogens is 533 g/mol. The van der Waals surface area contributed by atoms with Crippen LogP contribution in [-0.2, 0) is 25.8 Å². The number of para-hydroxylation sites is 1. The molecular formula is C26H45HfN3-4. The Labute approximate surface area is 207 Å². The van der Waals surface area contributed by atoms with E-state index in [1.54, 1.807) is 14.1 Å². The van der Waals surface area contributed by atoms with Crippen molar-refractivity contribution in [1.82, 2.24) is 0 Å². The molecule has 30 heavy (non-hydrogen) atoms. The molecule has 1 aliphatic carbocycles. The number of hydrogen-bond donors (Lipinski definition) is 0. The van der Waals surface area contributed by atoms with Crippen molar-refractivity contribution in [3.63, 3.8) is 0 Å². The van der Waals surface area contributed by atoms with Crippen molar-refractivity contribution in [1.29, 1.82) is 0 Å². The van der Waals surface area contributed by atoms with E-state index in [9.17, 15) is 0 Å². The van der Waals surface area contributed by atoms with Gasteiger partial charge in [-0.3, -0.25) is 4.99 Å². The van der Waals surface area contributed by atoms with Crippen LogP contribution in [0.25, 0.3) is 10.6 Å². The zero-order chi connectivity index (χ0) is 20.2. The summed E-state index contributed by atoms with van der Waals surface area (Å²) in [4.78, 5) is 4.85. The zero-order valence-electron chi connectivity index (χ0n) is 21.0. The molecule has 0 saturated carbocycles. The van der Waals surface area contributed by atoms with E-state index in [0.29, 0.717) is 11.8 Å². The third-order valence-corrected chi connectivity index (χ3v) is 4.64. The van der Waals surface area contributed by atoms with Gasteiger partial charge in [0.2, 0.25) is 0 Å². The molecule has 2 rings (SSSR count). The maximum absolute atomic E-state index is 5.15. The molecule has 3 nitrogen and oxygen atoms in total. The number of unbranched alkanes of at least 4 members (excludes halogenated alkanes) is 1. The van der Waals surface area contributed by atoms with Gasteiger partial charge in [-0.15, -0.1) is 11.4 Å². The number of allylic oxidation sites excluding steroid dienone is 2. The van der Waals surface area contributed by atoms with E-state index in [1.165, 1.54) is 35.4 Å². The van der Waals surface area contributed by atoms with E-state index in [1.807, 2.05) is 0 Å². The fraction of sp³-hybridized carbons (Fsp3) is 0.577. The largest absolute Gasteiger partial charge is 0.668 e. The molecule has 4 heteroatoms. The molecule has 0 aromatic heterocycles. The average molecular weight is 578 g/mol. The Balaban J connectivity index is -0.00000114. The zero-order valence-corrected chi connectivity index (χ0v) is 24.6. The topological polar surface area (TPSA) is 40.6 Å². The summed E-state index contributed by atoms with van der Waals surface area (Å²) >= 11 is 0. The van der Waals surface area contributed by atoms with Crippen LogP contribution in [0.2, 0.25) is 0 Å². The summed E-state index contributed by atoms with van der Waals surface area (Å²) in [5, 5.41) is 8.65. The monoisotopic (exact) mass is 579 g/mol. The van der Waals surface area contributed by atoms with Crippen LogP contribution in [0.5, 0.6) is 0 Å². The first-order chi connectivity index (χ1) is 13.0. The first-order valence-electron chi connectivity index (χ1n) is 10.5. The Bertz CT molecular complexity index is 592. The standard InChI is InChI=1S/C22H33N2.C2H6N.2CH3.Hf/c1-6-7-15-23-20-13-8-9-14-21(20)24-22-18(16(2)3)11-10-12-19(22)17(4)5;1-3-2;;;/h10-12,14,16-17H,6-9,13,15H2,1-5H3;1-2H3;2*1H3;/q4*-1;. The summed E-state index contributed by atoms with van der Waals surface area (Å²) in [5.74, 6) is 0.958. The van der Waals surface area contributed by atoms with Gasteiger partial charge in [-0.2, -0.15) is 14.1 Å². The number of rotatable bonds is 7. The summed E-state index contributed by atoms with van der Waals surface area (Å²) in [7, 11) is 3.50. The molecule has 0 heterocycles. The third kappa shape index (κ3) is 11.0. The first-order valence-corrected chi connectivity index (χ1v) is 10.5. The van der Waals surface area contributed by atoms with Gasteiger partial charge in [-0.05, 0) is 37.5 Å². The van der Waals surface area contributed by atoms with Gasteiger partial charge in [0.05, 0.1) is 0 Å². The predicted molar refractivity (Wildman–Crippen MR) is 135 cm³/mol. The Morgan fingerprint density at radius 3 is 2.00 bits per heavy atom. The molecule has 0 amide bonds. The normalized spacial score (nSPS) is 14.0. The smallest absolute Gasteiger partial charge is 0.0391 e. The van der Waals surface area contributed by atoms with E-state index in [2.05, 4.69) is 64.2 Å². The van der Waals surface area contributed by atoms with Gasteiger partial charge in [0.25, 0.3) is 0 Å². The molecule has 0 aliphatic heterocycles. The second-order valence-electron chi connectivity index (χ2n) is 7.82. The predicted octanol–water partition coefficient (Wildman–Crippen LogP) is 8.77. The van der Waals surface area contributed by atoms with Gasteiger partial charge >= 0.3 is 0 Å². The third-order valence-electron chi connectivity index (χ3n) is 4.64. The van der Waals surface area contributed by atoms with Crippen LogP contribution < -0.4 is 0 Å². The minimum Gasteiger partial charge on any atom is -0.668 e. The molecule has 0 fully saturated rings. The molecule has 1 aromatic carbocycles.